The molecule has 0 aliphatic rings. The number of anilines is 1. The predicted octanol–water partition coefficient (Wildman–Crippen LogP) is 3.90. The van der Waals surface area contributed by atoms with Gasteiger partial charge in [0.25, 0.3) is 5.91 Å². The van der Waals surface area contributed by atoms with Crippen molar-refractivity contribution in [3.63, 3.8) is 0 Å². The van der Waals surface area contributed by atoms with Crippen LogP contribution in [0.5, 0.6) is 5.75 Å². The van der Waals surface area contributed by atoms with E-state index in [1.54, 1.807) is 11.8 Å². The van der Waals surface area contributed by atoms with Gasteiger partial charge in [0.2, 0.25) is 0 Å². The third kappa shape index (κ3) is 3.12. The van der Waals surface area contributed by atoms with Crippen LogP contribution in [0.1, 0.15) is 42.9 Å². The van der Waals surface area contributed by atoms with Crippen LogP contribution in [-0.4, -0.2) is 27.8 Å². The van der Waals surface area contributed by atoms with Crippen LogP contribution in [0.2, 0.25) is 0 Å². The lowest BCUT2D eigenvalue weighted by Gasteiger charge is -2.03. The largest absolute Gasteiger partial charge is 0.497 e. The summed E-state index contributed by atoms with van der Waals surface area (Å²) in [5, 5.41) is 7.93. The molecule has 3 rings (SSSR count). The SMILES string of the molecule is CCn1nc(C(C)C)cc1C(=O)Nc1nc2cc(OC)ccc2s1. The molecule has 0 spiro atoms. The van der Waals surface area contributed by atoms with Crippen molar-refractivity contribution in [2.45, 2.75) is 33.2 Å². The van der Waals surface area contributed by atoms with Crippen LogP contribution < -0.4 is 10.1 Å². The normalized spacial score (nSPS) is 11.2. The van der Waals surface area contributed by atoms with Crippen molar-refractivity contribution in [3.8, 4) is 5.75 Å². The number of carbonyl (C=O) groups is 1. The molecule has 0 aliphatic heterocycles. The Morgan fingerprint density at radius 1 is 1.38 bits per heavy atom. The first-order valence-electron chi connectivity index (χ1n) is 7.85. The Balaban J connectivity index is 1.87. The maximum Gasteiger partial charge on any atom is 0.275 e. The second-order valence-electron chi connectivity index (χ2n) is 5.73. The van der Waals surface area contributed by atoms with E-state index in [2.05, 4.69) is 29.2 Å². The topological polar surface area (TPSA) is 69.0 Å². The minimum atomic E-state index is -0.192. The summed E-state index contributed by atoms with van der Waals surface area (Å²) < 4.78 is 7.92. The fourth-order valence-corrected chi connectivity index (χ4v) is 3.23. The van der Waals surface area contributed by atoms with Gasteiger partial charge in [-0.05, 0) is 31.0 Å². The maximum atomic E-state index is 12.6. The smallest absolute Gasteiger partial charge is 0.275 e. The highest BCUT2D eigenvalue weighted by molar-refractivity contribution is 7.22. The maximum absolute atomic E-state index is 12.6. The number of hydrogen-bond acceptors (Lipinski definition) is 5. The summed E-state index contributed by atoms with van der Waals surface area (Å²) in [7, 11) is 1.62. The third-order valence-corrected chi connectivity index (χ3v) is 4.69. The Labute approximate surface area is 144 Å². The van der Waals surface area contributed by atoms with Gasteiger partial charge in [0, 0.05) is 12.6 Å². The van der Waals surface area contributed by atoms with E-state index in [0.717, 1.165) is 21.7 Å². The number of rotatable bonds is 5. The second-order valence-corrected chi connectivity index (χ2v) is 6.76. The molecule has 0 bridgehead atoms. The Hall–Kier alpha value is -2.41. The van der Waals surface area contributed by atoms with E-state index in [1.165, 1.54) is 11.3 Å². The Morgan fingerprint density at radius 2 is 2.17 bits per heavy atom. The molecule has 6 nitrogen and oxygen atoms in total. The zero-order valence-corrected chi connectivity index (χ0v) is 15.0. The van der Waals surface area contributed by atoms with Crippen LogP contribution in [0.25, 0.3) is 10.2 Å². The molecule has 0 aliphatic carbocycles. The second kappa shape index (κ2) is 6.60. The monoisotopic (exact) mass is 344 g/mol. The van der Waals surface area contributed by atoms with Crippen LogP contribution >= 0.6 is 11.3 Å². The summed E-state index contributed by atoms with van der Waals surface area (Å²) in [6.45, 7) is 6.74. The van der Waals surface area contributed by atoms with Crippen LogP contribution in [0.4, 0.5) is 5.13 Å². The van der Waals surface area contributed by atoms with E-state index in [9.17, 15) is 4.79 Å². The number of carbonyl (C=O) groups excluding carboxylic acids is 1. The lowest BCUT2D eigenvalue weighted by Crippen LogP contribution is -2.17. The predicted molar refractivity (Wildman–Crippen MR) is 96.1 cm³/mol. The van der Waals surface area contributed by atoms with Crippen molar-refractivity contribution in [2.75, 3.05) is 12.4 Å². The van der Waals surface area contributed by atoms with Gasteiger partial charge in [0.05, 0.1) is 23.0 Å². The molecule has 0 saturated carbocycles. The summed E-state index contributed by atoms with van der Waals surface area (Å²) in [5.74, 6) is 0.831. The van der Waals surface area contributed by atoms with Gasteiger partial charge < -0.3 is 4.74 Å². The van der Waals surface area contributed by atoms with E-state index in [0.29, 0.717) is 17.4 Å². The molecule has 1 N–H and O–H groups in total. The Morgan fingerprint density at radius 3 is 2.83 bits per heavy atom. The van der Waals surface area contributed by atoms with Crippen molar-refractivity contribution in [2.24, 2.45) is 0 Å². The molecule has 0 unspecified atom stereocenters. The molecule has 3 aromatic rings. The van der Waals surface area contributed by atoms with Gasteiger partial charge in [0.15, 0.2) is 5.13 Å². The summed E-state index contributed by atoms with van der Waals surface area (Å²) in [4.78, 5) is 17.1. The molecule has 2 heterocycles. The van der Waals surface area contributed by atoms with Gasteiger partial charge in [-0.1, -0.05) is 25.2 Å². The number of aryl methyl sites for hydroxylation is 1. The Bertz CT molecular complexity index is 882. The molecule has 1 amide bonds. The number of amides is 1. The fourth-order valence-electron chi connectivity index (χ4n) is 2.39. The summed E-state index contributed by atoms with van der Waals surface area (Å²) in [5.41, 5.74) is 2.27. The van der Waals surface area contributed by atoms with Gasteiger partial charge in [-0.15, -0.1) is 0 Å². The zero-order chi connectivity index (χ0) is 17.3. The van der Waals surface area contributed by atoms with Gasteiger partial charge in [-0.2, -0.15) is 5.10 Å². The number of ether oxygens (including phenoxy) is 1. The van der Waals surface area contributed by atoms with Crippen LogP contribution in [0.3, 0.4) is 0 Å². The van der Waals surface area contributed by atoms with Crippen molar-refractivity contribution >= 4 is 32.6 Å². The van der Waals surface area contributed by atoms with Crippen LogP contribution in [0, 0.1) is 0 Å². The number of fused-ring (bicyclic) bond motifs is 1. The van der Waals surface area contributed by atoms with E-state index >= 15 is 0 Å². The van der Waals surface area contributed by atoms with Gasteiger partial charge in [-0.3, -0.25) is 14.8 Å². The van der Waals surface area contributed by atoms with Crippen LogP contribution in [-0.2, 0) is 6.54 Å². The number of aromatic nitrogens is 3. The minimum Gasteiger partial charge on any atom is -0.497 e. The average molecular weight is 344 g/mol. The van der Waals surface area contributed by atoms with Crippen molar-refractivity contribution in [1.82, 2.24) is 14.8 Å². The van der Waals surface area contributed by atoms with Crippen molar-refractivity contribution in [3.05, 3.63) is 35.7 Å². The summed E-state index contributed by atoms with van der Waals surface area (Å²) >= 11 is 1.44. The number of thiazole rings is 1. The quantitative estimate of drug-likeness (QED) is 0.762. The number of hydrogen-bond donors (Lipinski definition) is 1. The number of methoxy groups -OCH3 is 1. The molecule has 126 valence electrons. The molecule has 0 atom stereocenters. The standard InChI is InChI=1S/C17H20N4O2S/c1-5-21-14(9-12(20-21)10(2)3)16(22)19-17-18-13-8-11(23-4)6-7-15(13)24-17/h6-10H,5H2,1-4H3,(H,18,19,22). The van der Waals surface area contributed by atoms with Gasteiger partial charge in [-0.25, -0.2) is 4.98 Å². The molecular weight excluding hydrogens is 324 g/mol. The molecule has 1 aromatic carbocycles. The Kier molecular flexibility index (Phi) is 4.53. The van der Waals surface area contributed by atoms with Gasteiger partial charge in [0.1, 0.15) is 11.4 Å². The lowest BCUT2D eigenvalue weighted by molar-refractivity contribution is 0.101. The molecule has 0 fully saturated rings. The third-order valence-electron chi connectivity index (χ3n) is 3.74. The number of nitrogens with zero attached hydrogens (tertiary/aromatic N) is 3. The zero-order valence-electron chi connectivity index (χ0n) is 14.2. The summed E-state index contributed by atoms with van der Waals surface area (Å²) in [6, 6.07) is 7.52. The molecule has 0 radical (unpaired) electrons. The van der Waals surface area contributed by atoms with E-state index < -0.39 is 0 Å². The average Bonchev–Trinajstić information content (AvgIpc) is 3.17. The highest BCUT2D eigenvalue weighted by atomic mass is 32.1. The molecule has 24 heavy (non-hydrogen) atoms. The summed E-state index contributed by atoms with van der Waals surface area (Å²) in [6.07, 6.45) is 0. The van der Waals surface area contributed by atoms with Gasteiger partial charge >= 0.3 is 0 Å². The molecule has 2 aromatic heterocycles. The first-order chi connectivity index (χ1) is 11.5. The highest BCUT2D eigenvalue weighted by Crippen LogP contribution is 2.29. The molecule has 7 heteroatoms. The number of benzene rings is 1. The highest BCUT2D eigenvalue weighted by Gasteiger charge is 2.17. The fraction of sp³-hybridized carbons (Fsp3) is 0.353. The lowest BCUT2D eigenvalue weighted by atomic mass is 10.1. The first-order valence-corrected chi connectivity index (χ1v) is 8.67. The van der Waals surface area contributed by atoms with E-state index in [1.807, 2.05) is 31.2 Å². The van der Waals surface area contributed by atoms with E-state index in [-0.39, 0.29) is 11.8 Å². The molecule has 0 saturated heterocycles. The first kappa shape index (κ1) is 16.4. The van der Waals surface area contributed by atoms with E-state index in [4.69, 9.17) is 4.74 Å². The van der Waals surface area contributed by atoms with Crippen molar-refractivity contribution < 1.29 is 9.53 Å². The number of nitrogens with one attached hydrogen (secondary N) is 1. The van der Waals surface area contributed by atoms with Crippen molar-refractivity contribution in [1.29, 1.82) is 0 Å². The minimum absolute atomic E-state index is 0.192. The molecular formula is C17H20N4O2S. The van der Waals surface area contributed by atoms with Crippen LogP contribution in [0.15, 0.2) is 24.3 Å².